The van der Waals surface area contributed by atoms with Gasteiger partial charge in [0.2, 0.25) is 0 Å². The van der Waals surface area contributed by atoms with Gasteiger partial charge >= 0.3 is 0 Å². The van der Waals surface area contributed by atoms with Gasteiger partial charge in [0.05, 0.1) is 11.7 Å². The van der Waals surface area contributed by atoms with Crippen molar-refractivity contribution in [2.75, 3.05) is 26.2 Å². The summed E-state index contributed by atoms with van der Waals surface area (Å²) in [7, 11) is 0. The molecule has 0 aliphatic carbocycles. The Balaban J connectivity index is 0.00000300. The van der Waals surface area contributed by atoms with Crippen molar-refractivity contribution < 1.29 is 4.52 Å². The number of hydrogen-bond donors (Lipinski definition) is 2. The van der Waals surface area contributed by atoms with Crippen LogP contribution in [0.5, 0.6) is 0 Å². The van der Waals surface area contributed by atoms with Crippen LogP contribution in [-0.4, -0.2) is 42.2 Å². The van der Waals surface area contributed by atoms with Crippen molar-refractivity contribution in [3.63, 3.8) is 0 Å². The third-order valence-corrected chi connectivity index (χ3v) is 6.27. The van der Waals surface area contributed by atoms with Crippen LogP contribution in [-0.2, 0) is 13.0 Å². The molecular formula is C21H34IN5OS. The number of hydrogen-bond acceptors (Lipinski definition) is 5. The predicted octanol–water partition coefficient (Wildman–Crippen LogP) is 4.44. The molecule has 2 aromatic heterocycles. The predicted molar refractivity (Wildman–Crippen MR) is 131 cm³/mol. The average molecular weight is 532 g/mol. The van der Waals surface area contributed by atoms with Crippen LogP contribution in [0.4, 0.5) is 0 Å². The van der Waals surface area contributed by atoms with Crippen LogP contribution >= 0.6 is 35.3 Å². The molecule has 162 valence electrons. The van der Waals surface area contributed by atoms with Gasteiger partial charge in [-0.05, 0) is 56.6 Å². The van der Waals surface area contributed by atoms with Gasteiger partial charge in [-0.3, -0.25) is 4.90 Å². The number of halogens is 1. The second kappa shape index (κ2) is 12.5. The fraction of sp³-hybridized carbons (Fsp3) is 0.619. The van der Waals surface area contributed by atoms with Crippen LogP contribution in [0.1, 0.15) is 56.0 Å². The normalized spacial score (nSPS) is 17.0. The van der Waals surface area contributed by atoms with Gasteiger partial charge in [0, 0.05) is 24.0 Å². The van der Waals surface area contributed by atoms with E-state index in [2.05, 4.69) is 64.0 Å². The average Bonchev–Trinajstić information content (AvgIpc) is 3.39. The summed E-state index contributed by atoms with van der Waals surface area (Å²) >= 11 is 1.84. The summed E-state index contributed by atoms with van der Waals surface area (Å²) in [6.07, 6.45) is 3.44. The van der Waals surface area contributed by atoms with Crippen LogP contribution < -0.4 is 10.6 Å². The van der Waals surface area contributed by atoms with Crippen molar-refractivity contribution in [2.45, 2.75) is 52.6 Å². The molecule has 0 saturated carbocycles. The summed E-state index contributed by atoms with van der Waals surface area (Å²) in [4.78, 5) is 8.72. The van der Waals surface area contributed by atoms with Crippen molar-refractivity contribution in [2.24, 2.45) is 10.9 Å². The summed E-state index contributed by atoms with van der Waals surface area (Å²) < 4.78 is 5.35. The summed E-state index contributed by atoms with van der Waals surface area (Å²) in [5.74, 6) is 2.46. The molecule has 3 rings (SSSR count). The maximum atomic E-state index is 5.35. The molecule has 1 atom stereocenters. The number of aryl methyl sites for hydroxylation is 1. The number of nitrogens with one attached hydrogen (secondary N) is 2. The Morgan fingerprint density at radius 1 is 1.34 bits per heavy atom. The molecule has 6 nitrogen and oxygen atoms in total. The minimum absolute atomic E-state index is 0. The Labute approximate surface area is 195 Å². The molecule has 0 radical (unpaired) electrons. The zero-order chi connectivity index (χ0) is 19.8. The number of likely N-dealkylation sites (tertiary alicyclic amines) is 1. The molecule has 2 aromatic rings. The largest absolute Gasteiger partial charge is 0.359 e. The number of piperidine rings is 1. The topological polar surface area (TPSA) is 65.7 Å². The molecule has 1 fully saturated rings. The van der Waals surface area contributed by atoms with Gasteiger partial charge in [-0.25, -0.2) is 4.99 Å². The van der Waals surface area contributed by atoms with E-state index in [1.165, 1.54) is 17.7 Å². The van der Waals surface area contributed by atoms with Crippen molar-refractivity contribution >= 4 is 41.3 Å². The molecule has 1 aliphatic rings. The van der Waals surface area contributed by atoms with Crippen LogP contribution in [0.3, 0.4) is 0 Å². The van der Waals surface area contributed by atoms with E-state index in [1.807, 2.05) is 17.4 Å². The Bertz CT molecular complexity index is 725. The van der Waals surface area contributed by atoms with Gasteiger partial charge in [0.15, 0.2) is 11.7 Å². The smallest absolute Gasteiger partial charge is 0.191 e. The Morgan fingerprint density at radius 3 is 2.76 bits per heavy atom. The van der Waals surface area contributed by atoms with Gasteiger partial charge in [0.25, 0.3) is 0 Å². The molecule has 0 amide bonds. The van der Waals surface area contributed by atoms with Gasteiger partial charge in [-0.15, -0.1) is 35.3 Å². The third-order valence-electron chi connectivity index (χ3n) is 5.30. The van der Waals surface area contributed by atoms with E-state index < -0.39 is 0 Å². The molecule has 3 heterocycles. The fourth-order valence-corrected chi connectivity index (χ4v) is 4.38. The van der Waals surface area contributed by atoms with Crippen molar-refractivity contribution in [1.82, 2.24) is 20.7 Å². The zero-order valence-electron chi connectivity index (χ0n) is 17.7. The van der Waals surface area contributed by atoms with E-state index in [1.54, 1.807) is 0 Å². The van der Waals surface area contributed by atoms with E-state index in [9.17, 15) is 0 Å². The first kappa shape index (κ1) is 24.1. The summed E-state index contributed by atoms with van der Waals surface area (Å²) in [5, 5.41) is 13.1. The lowest BCUT2D eigenvalue weighted by molar-refractivity contribution is 0.140. The number of thiophene rings is 1. The summed E-state index contributed by atoms with van der Waals surface area (Å²) in [5.41, 5.74) is 0.972. The highest BCUT2D eigenvalue weighted by Crippen LogP contribution is 2.29. The molecule has 1 aliphatic heterocycles. The van der Waals surface area contributed by atoms with Crippen LogP contribution in [0, 0.1) is 5.92 Å². The van der Waals surface area contributed by atoms with E-state index in [0.29, 0.717) is 12.6 Å². The molecular weight excluding hydrogens is 497 g/mol. The van der Waals surface area contributed by atoms with Crippen LogP contribution in [0.25, 0.3) is 0 Å². The highest BCUT2D eigenvalue weighted by Gasteiger charge is 2.25. The van der Waals surface area contributed by atoms with E-state index in [4.69, 9.17) is 4.52 Å². The fourth-order valence-electron chi connectivity index (χ4n) is 3.52. The molecule has 0 aromatic carbocycles. The number of rotatable bonds is 8. The summed E-state index contributed by atoms with van der Waals surface area (Å²) in [6, 6.07) is 6.76. The third kappa shape index (κ3) is 7.25. The number of aliphatic imine (C=N–C) groups is 1. The second-order valence-corrected chi connectivity index (χ2v) is 8.44. The lowest BCUT2D eigenvalue weighted by atomic mass is 9.97. The molecule has 0 spiro atoms. The van der Waals surface area contributed by atoms with Gasteiger partial charge < -0.3 is 15.2 Å². The van der Waals surface area contributed by atoms with Crippen LogP contribution in [0.2, 0.25) is 0 Å². The van der Waals surface area contributed by atoms with Crippen LogP contribution in [0.15, 0.2) is 33.1 Å². The van der Waals surface area contributed by atoms with Crippen molar-refractivity contribution in [3.05, 3.63) is 39.9 Å². The first-order valence-corrected chi connectivity index (χ1v) is 11.3. The lowest BCUT2D eigenvalue weighted by Gasteiger charge is -2.36. The number of aromatic nitrogens is 1. The highest BCUT2D eigenvalue weighted by atomic mass is 127. The monoisotopic (exact) mass is 531 g/mol. The van der Waals surface area contributed by atoms with E-state index >= 15 is 0 Å². The SMILES string of the molecule is CCNC(=NCc1cc(CC)no1)NCC(c1cccs1)N1CCC(C)CC1.I. The minimum Gasteiger partial charge on any atom is -0.359 e. The van der Waals surface area contributed by atoms with E-state index in [0.717, 1.165) is 55.9 Å². The van der Waals surface area contributed by atoms with Gasteiger partial charge in [-0.1, -0.05) is 25.1 Å². The standard InChI is InChI=1S/C21H33N5OS.HI/c1-4-17-13-18(27-25-17)14-23-21(22-5-2)24-15-19(20-7-6-12-28-20)26-10-8-16(3)9-11-26;/h6-7,12-13,16,19H,4-5,8-11,14-15H2,1-3H3,(H2,22,23,24);1H. The maximum Gasteiger partial charge on any atom is 0.191 e. The Hall–Kier alpha value is -1.13. The first-order chi connectivity index (χ1) is 13.7. The number of nitrogens with zero attached hydrogens (tertiary/aromatic N) is 3. The highest BCUT2D eigenvalue weighted by molar-refractivity contribution is 14.0. The molecule has 0 bridgehead atoms. The molecule has 1 saturated heterocycles. The second-order valence-electron chi connectivity index (χ2n) is 7.46. The Morgan fingerprint density at radius 2 is 2.14 bits per heavy atom. The minimum atomic E-state index is 0. The lowest BCUT2D eigenvalue weighted by Crippen LogP contribution is -2.45. The first-order valence-electron chi connectivity index (χ1n) is 10.4. The maximum absolute atomic E-state index is 5.35. The summed E-state index contributed by atoms with van der Waals surface area (Å²) in [6.45, 7) is 11.0. The van der Waals surface area contributed by atoms with E-state index in [-0.39, 0.29) is 24.0 Å². The molecule has 8 heteroatoms. The van der Waals surface area contributed by atoms with Crippen molar-refractivity contribution in [3.8, 4) is 0 Å². The van der Waals surface area contributed by atoms with Crippen molar-refractivity contribution in [1.29, 1.82) is 0 Å². The van der Waals surface area contributed by atoms with Gasteiger partial charge in [0.1, 0.15) is 6.54 Å². The molecule has 2 N–H and O–H groups in total. The zero-order valence-corrected chi connectivity index (χ0v) is 20.8. The molecule has 1 unspecified atom stereocenters. The van der Waals surface area contributed by atoms with Gasteiger partial charge in [-0.2, -0.15) is 0 Å². The molecule has 29 heavy (non-hydrogen) atoms. The quantitative estimate of drug-likeness (QED) is 0.300. The Kier molecular flexibility index (Phi) is 10.4. The number of guanidine groups is 1.